The maximum Gasteiger partial charge on any atom is 0.164 e. The van der Waals surface area contributed by atoms with E-state index in [4.69, 9.17) is 0 Å². The summed E-state index contributed by atoms with van der Waals surface area (Å²) in [5.74, 6) is -1.96. The molecule has 0 aromatic heterocycles. The lowest BCUT2D eigenvalue weighted by molar-refractivity contribution is 0.139. The number of rotatable bonds is 2. The lowest BCUT2D eigenvalue weighted by atomic mass is 9.90. The van der Waals surface area contributed by atoms with Gasteiger partial charge in [-0.3, -0.25) is 0 Å². The molecule has 0 amide bonds. The van der Waals surface area contributed by atoms with E-state index >= 15 is 0 Å². The summed E-state index contributed by atoms with van der Waals surface area (Å²) in [5, 5.41) is 10.5. The normalized spacial score (nSPS) is 18.9. The Balaban J connectivity index is 1.99. The van der Waals surface area contributed by atoms with Crippen LogP contribution in [0.1, 0.15) is 40.7 Å². The van der Waals surface area contributed by atoms with Crippen molar-refractivity contribution < 1.29 is 13.9 Å². The molecule has 2 aromatic rings. The topological polar surface area (TPSA) is 20.2 Å². The summed E-state index contributed by atoms with van der Waals surface area (Å²) in [4.78, 5) is 0. The molecule has 1 N–H and O–H groups in total. The smallest absolute Gasteiger partial charge is 0.164 e. The molecule has 1 aliphatic rings. The number of halogens is 2. The second-order valence-electron chi connectivity index (χ2n) is 5.39. The second kappa shape index (κ2) is 4.98. The van der Waals surface area contributed by atoms with Crippen molar-refractivity contribution in [3.05, 3.63) is 70.3 Å². The number of aliphatic hydroxyl groups excluding tert-OH is 1. The van der Waals surface area contributed by atoms with E-state index in [1.807, 2.05) is 24.3 Å². The van der Waals surface area contributed by atoms with Crippen LogP contribution in [0, 0.1) is 18.6 Å². The molecule has 0 aliphatic heterocycles. The molecule has 3 rings (SSSR count). The van der Waals surface area contributed by atoms with Gasteiger partial charge >= 0.3 is 0 Å². The van der Waals surface area contributed by atoms with Gasteiger partial charge in [0.25, 0.3) is 0 Å². The van der Waals surface area contributed by atoms with Crippen molar-refractivity contribution in [2.45, 2.75) is 31.8 Å². The molecule has 3 heteroatoms. The fourth-order valence-electron chi connectivity index (χ4n) is 3.02. The van der Waals surface area contributed by atoms with Gasteiger partial charge in [-0.15, -0.1) is 0 Å². The van der Waals surface area contributed by atoms with Crippen LogP contribution < -0.4 is 0 Å². The monoisotopic (exact) mass is 274 g/mol. The average molecular weight is 274 g/mol. The van der Waals surface area contributed by atoms with Gasteiger partial charge in [0.15, 0.2) is 11.6 Å². The largest absolute Gasteiger partial charge is 0.388 e. The molecule has 0 fully saturated rings. The fourth-order valence-corrected chi connectivity index (χ4v) is 3.02. The zero-order chi connectivity index (χ0) is 14.3. The molecule has 2 unspecified atom stereocenters. The van der Waals surface area contributed by atoms with Crippen molar-refractivity contribution >= 4 is 0 Å². The highest BCUT2D eigenvalue weighted by Gasteiger charge is 2.31. The van der Waals surface area contributed by atoms with Crippen LogP contribution in [0.25, 0.3) is 0 Å². The lowest BCUT2D eigenvalue weighted by Gasteiger charge is -2.20. The van der Waals surface area contributed by atoms with E-state index in [0.29, 0.717) is 0 Å². The average Bonchev–Trinajstić information content (AvgIpc) is 2.88. The lowest BCUT2D eigenvalue weighted by Crippen LogP contribution is -2.11. The minimum Gasteiger partial charge on any atom is -0.388 e. The summed E-state index contributed by atoms with van der Waals surface area (Å²) in [7, 11) is 0. The van der Waals surface area contributed by atoms with Crippen molar-refractivity contribution in [2.75, 3.05) is 0 Å². The number of hydrogen-bond acceptors (Lipinski definition) is 1. The first-order valence-corrected chi connectivity index (χ1v) is 6.80. The minimum absolute atomic E-state index is 0.0507. The number of benzene rings is 2. The van der Waals surface area contributed by atoms with Crippen molar-refractivity contribution in [3.63, 3.8) is 0 Å². The molecule has 104 valence electrons. The van der Waals surface area contributed by atoms with Gasteiger partial charge in [0, 0.05) is 11.5 Å². The number of aliphatic hydroxyl groups is 1. The Labute approximate surface area is 116 Å². The Hall–Kier alpha value is -1.74. The zero-order valence-corrected chi connectivity index (χ0v) is 11.2. The molecule has 0 radical (unpaired) electrons. The minimum atomic E-state index is -1.01. The molecule has 0 saturated heterocycles. The summed E-state index contributed by atoms with van der Waals surface area (Å²) in [6, 6.07) is 10.8. The third-order valence-electron chi connectivity index (χ3n) is 4.18. The van der Waals surface area contributed by atoms with E-state index in [2.05, 4.69) is 0 Å². The SMILES string of the molecule is Cc1ccc(C(O)C2CCc3ccccc32)c(F)c1F. The Morgan fingerprint density at radius 1 is 1.10 bits per heavy atom. The first-order valence-electron chi connectivity index (χ1n) is 6.80. The molecule has 0 bridgehead atoms. The van der Waals surface area contributed by atoms with Gasteiger partial charge in [0.05, 0.1) is 6.10 Å². The van der Waals surface area contributed by atoms with E-state index in [1.54, 1.807) is 0 Å². The van der Waals surface area contributed by atoms with Crippen molar-refractivity contribution in [1.82, 2.24) is 0 Å². The highest BCUT2D eigenvalue weighted by molar-refractivity contribution is 5.38. The molecular formula is C17H16F2O. The summed E-state index contributed by atoms with van der Waals surface area (Å²) >= 11 is 0. The molecule has 1 nitrogen and oxygen atoms in total. The van der Waals surface area contributed by atoms with Crippen molar-refractivity contribution in [1.29, 1.82) is 0 Å². The first kappa shape index (κ1) is 13.3. The third-order valence-corrected chi connectivity index (χ3v) is 4.18. The summed E-state index contributed by atoms with van der Waals surface area (Å²) in [6.45, 7) is 1.51. The predicted octanol–water partition coefficient (Wildman–Crippen LogP) is 4.04. The Morgan fingerprint density at radius 3 is 2.65 bits per heavy atom. The van der Waals surface area contributed by atoms with Crippen LogP contribution >= 0.6 is 0 Å². The van der Waals surface area contributed by atoms with Crippen molar-refractivity contribution in [2.24, 2.45) is 0 Å². The Bertz CT molecular complexity index is 651. The zero-order valence-electron chi connectivity index (χ0n) is 11.2. The molecule has 0 spiro atoms. The van der Waals surface area contributed by atoms with Crippen molar-refractivity contribution in [3.8, 4) is 0 Å². The standard InChI is InChI=1S/C17H16F2O/c1-10-6-8-14(16(19)15(10)18)17(20)13-9-7-11-4-2-3-5-12(11)13/h2-6,8,13,17,20H,7,9H2,1H3. The highest BCUT2D eigenvalue weighted by atomic mass is 19.2. The Kier molecular flexibility index (Phi) is 3.30. The van der Waals surface area contributed by atoms with Crippen LogP contribution in [0.15, 0.2) is 36.4 Å². The maximum absolute atomic E-state index is 14.0. The van der Waals surface area contributed by atoms with E-state index in [0.717, 1.165) is 18.4 Å². The fraction of sp³-hybridized carbons (Fsp3) is 0.294. The van der Waals surface area contributed by atoms with Crippen LogP contribution in [0.3, 0.4) is 0 Å². The van der Waals surface area contributed by atoms with Gasteiger partial charge in [-0.25, -0.2) is 8.78 Å². The molecular weight excluding hydrogens is 258 g/mol. The van der Waals surface area contributed by atoms with E-state index in [9.17, 15) is 13.9 Å². The second-order valence-corrected chi connectivity index (χ2v) is 5.39. The van der Waals surface area contributed by atoms with Crippen LogP contribution in [0.5, 0.6) is 0 Å². The van der Waals surface area contributed by atoms with E-state index in [1.165, 1.54) is 24.6 Å². The van der Waals surface area contributed by atoms with Crippen LogP contribution in [-0.4, -0.2) is 5.11 Å². The number of fused-ring (bicyclic) bond motifs is 1. The van der Waals surface area contributed by atoms with E-state index in [-0.39, 0.29) is 17.0 Å². The molecule has 2 aromatic carbocycles. The van der Waals surface area contributed by atoms with Gasteiger partial charge in [-0.1, -0.05) is 36.4 Å². The molecule has 2 atom stereocenters. The molecule has 1 aliphatic carbocycles. The van der Waals surface area contributed by atoms with E-state index < -0.39 is 17.7 Å². The number of aryl methyl sites for hydroxylation is 2. The predicted molar refractivity (Wildman–Crippen MR) is 73.6 cm³/mol. The van der Waals surface area contributed by atoms with Crippen LogP contribution in [0.2, 0.25) is 0 Å². The van der Waals surface area contributed by atoms with Gasteiger partial charge in [-0.05, 0) is 36.5 Å². The Morgan fingerprint density at radius 2 is 1.85 bits per heavy atom. The van der Waals surface area contributed by atoms with Gasteiger partial charge in [-0.2, -0.15) is 0 Å². The quantitative estimate of drug-likeness (QED) is 0.876. The number of hydrogen-bond donors (Lipinski definition) is 1. The summed E-state index contributed by atoms with van der Waals surface area (Å²) < 4.78 is 27.7. The third kappa shape index (κ3) is 2.02. The van der Waals surface area contributed by atoms with Gasteiger partial charge in [0.2, 0.25) is 0 Å². The first-order chi connectivity index (χ1) is 9.59. The highest BCUT2D eigenvalue weighted by Crippen LogP contribution is 2.42. The van der Waals surface area contributed by atoms with Crippen LogP contribution in [0.4, 0.5) is 8.78 Å². The van der Waals surface area contributed by atoms with Gasteiger partial charge < -0.3 is 5.11 Å². The maximum atomic E-state index is 14.0. The molecule has 20 heavy (non-hydrogen) atoms. The summed E-state index contributed by atoms with van der Waals surface area (Å²) in [6.07, 6.45) is 0.622. The van der Waals surface area contributed by atoms with Crippen LogP contribution in [-0.2, 0) is 6.42 Å². The summed E-state index contributed by atoms with van der Waals surface area (Å²) in [5.41, 5.74) is 2.53. The molecule has 0 saturated carbocycles. The molecule has 0 heterocycles. The van der Waals surface area contributed by atoms with Gasteiger partial charge in [0.1, 0.15) is 0 Å².